The fourth-order valence-electron chi connectivity index (χ4n) is 3.66. The Morgan fingerprint density at radius 3 is 2.44 bits per heavy atom. The van der Waals surface area contributed by atoms with Crippen molar-refractivity contribution in [1.29, 1.82) is 0 Å². The number of carbonyl (C=O) groups is 1. The number of carbonyl (C=O) groups excluding carboxylic acids is 1. The van der Waals surface area contributed by atoms with Gasteiger partial charge in [0.05, 0.1) is 39.1 Å². The Bertz CT molecular complexity index is 1470. The van der Waals surface area contributed by atoms with E-state index in [0.717, 1.165) is 4.57 Å². The number of fused-ring (bicyclic) bond motifs is 1. The van der Waals surface area contributed by atoms with Crippen LogP contribution < -0.4 is 30.8 Å². The summed E-state index contributed by atoms with van der Waals surface area (Å²) in [5.41, 5.74) is 0.533. The molecular formula is C24H23N3O6S. The summed E-state index contributed by atoms with van der Waals surface area (Å²) in [5.74, 6) is 1.12. The molecule has 176 valence electrons. The number of hydrogen-bond donors (Lipinski definition) is 1. The third kappa shape index (κ3) is 4.40. The molecular weight excluding hydrogens is 458 g/mol. The first-order valence-electron chi connectivity index (χ1n) is 10.3. The van der Waals surface area contributed by atoms with Gasteiger partial charge in [-0.25, -0.2) is 4.79 Å². The maximum Gasteiger partial charge on any atom is 0.332 e. The van der Waals surface area contributed by atoms with Crippen molar-refractivity contribution in [1.82, 2.24) is 9.13 Å². The van der Waals surface area contributed by atoms with E-state index >= 15 is 0 Å². The van der Waals surface area contributed by atoms with Crippen molar-refractivity contribution in [3.63, 3.8) is 0 Å². The number of para-hydroxylation sites is 1. The van der Waals surface area contributed by atoms with Crippen molar-refractivity contribution in [2.24, 2.45) is 0 Å². The van der Waals surface area contributed by atoms with E-state index < -0.39 is 17.2 Å². The van der Waals surface area contributed by atoms with Crippen LogP contribution in [0.3, 0.4) is 0 Å². The van der Waals surface area contributed by atoms with Crippen LogP contribution in [-0.2, 0) is 17.9 Å². The molecule has 1 amide bonds. The van der Waals surface area contributed by atoms with Gasteiger partial charge in [-0.1, -0.05) is 18.2 Å². The second kappa shape index (κ2) is 9.84. The number of thiophene rings is 1. The Kier molecular flexibility index (Phi) is 6.69. The molecule has 2 aromatic carbocycles. The highest BCUT2D eigenvalue weighted by Crippen LogP contribution is 2.29. The van der Waals surface area contributed by atoms with E-state index in [1.54, 1.807) is 47.8 Å². The number of aromatic nitrogens is 2. The molecule has 0 aliphatic rings. The number of nitrogens with one attached hydrogen (secondary N) is 1. The number of amides is 1. The average Bonchev–Trinajstić information content (AvgIpc) is 3.35. The summed E-state index contributed by atoms with van der Waals surface area (Å²) in [7, 11) is 4.54. The molecule has 2 aromatic heterocycles. The van der Waals surface area contributed by atoms with Crippen LogP contribution >= 0.6 is 11.3 Å². The molecule has 0 aliphatic heterocycles. The summed E-state index contributed by atoms with van der Waals surface area (Å²) < 4.78 is 18.7. The van der Waals surface area contributed by atoms with E-state index in [-0.39, 0.29) is 13.1 Å². The zero-order valence-electron chi connectivity index (χ0n) is 18.9. The van der Waals surface area contributed by atoms with Crippen molar-refractivity contribution >= 4 is 33.1 Å². The maximum atomic E-state index is 13.4. The van der Waals surface area contributed by atoms with Gasteiger partial charge in [-0.2, -0.15) is 0 Å². The fraction of sp³-hybridized carbons (Fsp3) is 0.208. The van der Waals surface area contributed by atoms with Gasteiger partial charge < -0.3 is 19.5 Å². The zero-order valence-corrected chi connectivity index (χ0v) is 19.7. The molecule has 0 aliphatic carbocycles. The van der Waals surface area contributed by atoms with Gasteiger partial charge in [0.15, 0.2) is 0 Å². The number of methoxy groups -OCH3 is 3. The third-order valence-electron chi connectivity index (χ3n) is 5.34. The highest BCUT2D eigenvalue weighted by molar-refractivity contribution is 7.17. The summed E-state index contributed by atoms with van der Waals surface area (Å²) in [5, 5.41) is 4.49. The monoisotopic (exact) mass is 481 g/mol. The van der Waals surface area contributed by atoms with E-state index in [1.807, 2.05) is 6.07 Å². The van der Waals surface area contributed by atoms with Crippen molar-refractivity contribution in [3.05, 3.63) is 80.3 Å². The molecule has 0 saturated carbocycles. The van der Waals surface area contributed by atoms with Gasteiger partial charge in [-0.05, 0) is 29.6 Å². The quantitative estimate of drug-likeness (QED) is 0.415. The van der Waals surface area contributed by atoms with E-state index in [2.05, 4.69) is 5.32 Å². The van der Waals surface area contributed by atoms with E-state index in [0.29, 0.717) is 38.7 Å². The molecule has 0 unspecified atom stereocenters. The van der Waals surface area contributed by atoms with Crippen LogP contribution in [0.15, 0.2) is 63.5 Å². The van der Waals surface area contributed by atoms with Crippen LogP contribution in [0, 0.1) is 0 Å². The smallest absolute Gasteiger partial charge is 0.332 e. The van der Waals surface area contributed by atoms with E-state index in [4.69, 9.17) is 14.2 Å². The normalized spacial score (nSPS) is 10.8. The summed E-state index contributed by atoms with van der Waals surface area (Å²) in [6.07, 6.45) is 0. The van der Waals surface area contributed by atoms with Gasteiger partial charge in [-0.15, -0.1) is 11.3 Å². The van der Waals surface area contributed by atoms with E-state index in [9.17, 15) is 14.4 Å². The minimum atomic E-state index is -0.585. The van der Waals surface area contributed by atoms with Crippen LogP contribution in [0.4, 0.5) is 5.69 Å². The molecule has 0 radical (unpaired) electrons. The molecule has 0 fully saturated rings. The highest BCUT2D eigenvalue weighted by Gasteiger charge is 2.18. The lowest BCUT2D eigenvalue weighted by Gasteiger charge is -2.15. The molecule has 1 N–H and O–H groups in total. The van der Waals surface area contributed by atoms with Crippen molar-refractivity contribution in [2.75, 3.05) is 26.6 Å². The van der Waals surface area contributed by atoms with Gasteiger partial charge >= 0.3 is 5.69 Å². The zero-order chi connectivity index (χ0) is 24.2. The number of ether oxygens (including phenoxy) is 3. The topological polar surface area (TPSA) is 101 Å². The molecule has 4 aromatic rings. The molecule has 0 bridgehead atoms. The predicted octanol–water partition coefficient (Wildman–Crippen LogP) is 2.94. The summed E-state index contributed by atoms with van der Waals surface area (Å²) >= 11 is 1.22. The Morgan fingerprint density at radius 2 is 1.71 bits per heavy atom. The Balaban J connectivity index is 1.71. The fourth-order valence-corrected chi connectivity index (χ4v) is 4.51. The van der Waals surface area contributed by atoms with Gasteiger partial charge in [-0.3, -0.25) is 18.7 Å². The minimum absolute atomic E-state index is 0.0173. The predicted molar refractivity (Wildman–Crippen MR) is 131 cm³/mol. The molecule has 0 atom stereocenters. The molecule has 0 saturated heterocycles. The number of benzene rings is 2. The van der Waals surface area contributed by atoms with E-state index in [1.165, 1.54) is 37.2 Å². The largest absolute Gasteiger partial charge is 0.497 e. The third-order valence-corrected chi connectivity index (χ3v) is 6.23. The van der Waals surface area contributed by atoms with Gasteiger partial charge in [0, 0.05) is 11.6 Å². The first-order chi connectivity index (χ1) is 16.5. The van der Waals surface area contributed by atoms with Crippen LogP contribution in [0.2, 0.25) is 0 Å². The SMILES string of the molecule is COc1ccc(NC(=O)Cn2c(=O)n(Cc3ccccc3OC)c(=O)c3sccc32)c(OC)c1. The molecule has 4 rings (SSSR count). The summed E-state index contributed by atoms with van der Waals surface area (Å²) in [4.78, 5) is 39.4. The second-order valence-electron chi connectivity index (χ2n) is 7.32. The molecule has 0 spiro atoms. The van der Waals surface area contributed by atoms with Gasteiger partial charge in [0.1, 0.15) is 28.5 Å². The molecule has 2 heterocycles. The summed E-state index contributed by atoms with van der Waals surface area (Å²) in [6, 6.07) is 13.8. The number of anilines is 1. The lowest BCUT2D eigenvalue weighted by Crippen LogP contribution is -2.41. The Morgan fingerprint density at radius 1 is 0.941 bits per heavy atom. The summed E-state index contributed by atoms with van der Waals surface area (Å²) in [6.45, 7) is -0.267. The Labute approximate surface area is 198 Å². The first kappa shape index (κ1) is 23.1. The van der Waals surface area contributed by atoms with Crippen LogP contribution in [-0.4, -0.2) is 36.4 Å². The first-order valence-corrected chi connectivity index (χ1v) is 11.2. The second-order valence-corrected chi connectivity index (χ2v) is 8.24. The molecule has 10 heteroatoms. The van der Waals surface area contributed by atoms with Crippen LogP contribution in [0.5, 0.6) is 17.2 Å². The van der Waals surface area contributed by atoms with Crippen LogP contribution in [0.1, 0.15) is 5.56 Å². The number of nitrogens with zero attached hydrogens (tertiary/aromatic N) is 2. The van der Waals surface area contributed by atoms with Gasteiger partial charge in [0.2, 0.25) is 5.91 Å². The van der Waals surface area contributed by atoms with Crippen molar-refractivity contribution in [2.45, 2.75) is 13.1 Å². The lowest BCUT2D eigenvalue weighted by atomic mass is 10.2. The molecule has 9 nitrogen and oxygen atoms in total. The van der Waals surface area contributed by atoms with Gasteiger partial charge in [0.25, 0.3) is 5.56 Å². The molecule has 34 heavy (non-hydrogen) atoms. The lowest BCUT2D eigenvalue weighted by molar-refractivity contribution is -0.116. The minimum Gasteiger partial charge on any atom is -0.497 e. The standard InChI is InChI=1S/C24H23N3O6S/c1-31-16-8-9-17(20(12-16)33-3)25-21(28)14-26-18-10-11-34-22(18)23(29)27(24(26)30)13-15-6-4-5-7-19(15)32-2/h4-12H,13-14H2,1-3H3,(H,25,28). The number of hydrogen-bond acceptors (Lipinski definition) is 7. The van der Waals surface area contributed by atoms with Crippen molar-refractivity contribution in [3.8, 4) is 17.2 Å². The highest BCUT2D eigenvalue weighted by atomic mass is 32.1. The average molecular weight is 482 g/mol. The van der Waals surface area contributed by atoms with Crippen LogP contribution in [0.25, 0.3) is 10.2 Å². The number of rotatable bonds is 8. The maximum absolute atomic E-state index is 13.4. The van der Waals surface area contributed by atoms with Crippen molar-refractivity contribution < 1.29 is 19.0 Å². The Hall–Kier alpha value is -4.05.